The molecule has 1 heterocycles. The first-order valence-electron chi connectivity index (χ1n) is 6.67. The van der Waals surface area contributed by atoms with E-state index in [1.165, 1.54) is 19.2 Å². The topological polar surface area (TPSA) is 88.2 Å². The van der Waals surface area contributed by atoms with E-state index in [4.69, 9.17) is 15.7 Å². The molecule has 21 heavy (non-hydrogen) atoms. The first kappa shape index (κ1) is 15.1. The number of hydrogen-bond donors (Lipinski definition) is 2. The lowest BCUT2D eigenvalue weighted by Gasteiger charge is -2.31. The maximum Gasteiger partial charge on any atom is 0.256 e. The summed E-state index contributed by atoms with van der Waals surface area (Å²) in [7, 11) is 1.44. The van der Waals surface area contributed by atoms with Crippen LogP contribution in [0.2, 0.25) is 0 Å². The van der Waals surface area contributed by atoms with Crippen molar-refractivity contribution >= 4 is 11.7 Å². The van der Waals surface area contributed by atoms with Gasteiger partial charge < -0.3 is 20.6 Å². The van der Waals surface area contributed by atoms with Crippen molar-refractivity contribution in [1.82, 2.24) is 4.90 Å². The van der Waals surface area contributed by atoms with E-state index >= 15 is 0 Å². The van der Waals surface area contributed by atoms with E-state index in [0.29, 0.717) is 31.7 Å². The Hall–Kier alpha value is -2.31. The Labute approximate surface area is 122 Å². The standard InChI is InChI=1S/C14H18FN3O3/c1-21-10-2-3-11(12(15)8-10)14(19)18-6-4-9(5-7-18)13(16)17-20/h2-3,8-9,20H,4-7H2,1H3,(H2,16,17). The molecule has 0 aromatic heterocycles. The fraction of sp³-hybridized carbons (Fsp3) is 0.429. The smallest absolute Gasteiger partial charge is 0.256 e. The van der Waals surface area contributed by atoms with Crippen molar-refractivity contribution in [2.24, 2.45) is 16.8 Å². The molecular formula is C14H18FN3O3. The van der Waals surface area contributed by atoms with Crippen LogP contribution in [0.15, 0.2) is 23.4 Å². The number of piperidine rings is 1. The molecule has 0 radical (unpaired) electrons. The number of benzene rings is 1. The maximum atomic E-state index is 13.9. The minimum absolute atomic E-state index is 0.0260. The monoisotopic (exact) mass is 295 g/mol. The number of oxime groups is 1. The molecule has 1 aromatic rings. The Morgan fingerprint density at radius 3 is 2.67 bits per heavy atom. The molecule has 1 aromatic carbocycles. The largest absolute Gasteiger partial charge is 0.497 e. The minimum atomic E-state index is -0.599. The average molecular weight is 295 g/mol. The second kappa shape index (κ2) is 6.43. The number of methoxy groups -OCH3 is 1. The van der Waals surface area contributed by atoms with Gasteiger partial charge in [0.05, 0.1) is 12.7 Å². The summed E-state index contributed by atoms with van der Waals surface area (Å²) >= 11 is 0. The molecule has 7 heteroatoms. The molecule has 1 amide bonds. The molecule has 0 unspecified atom stereocenters. The summed E-state index contributed by atoms with van der Waals surface area (Å²) in [6.45, 7) is 0.899. The molecular weight excluding hydrogens is 277 g/mol. The van der Waals surface area contributed by atoms with E-state index in [1.807, 2.05) is 0 Å². The van der Waals surface area contributed by atoms with Gasteiger partial charge in [0.1, 0.15) is 17.4 Å². The third-order valence-corrected chi connectivity index (χ3v) is 3.72. The van der Waals surface area contributed by atoms with E-state index in [9.17, 15) is 9.18 Å². The zero-order valence-electron chi connectivity index (χ0n) is 11.8. The highest BCUT2D eigenvalue weighted by Crippen LogP contribution is 2.22. The predicted octanol–water partition coefficient (Wildman–Crippen LogP) is 1.43. The van der Waals surface area contributed by atoms with Gasteiger partial charge in [0.25, 0.3) is 5.91 Å². The fourth-order valence-corrected chi connectivity index (χ4v) is 2.43. The summed E-state index contributed by atoms with van der Waals surface area (Å²) in [4.78, 5) is 13.9. The summed E-state index contributed by atoms with van der Waals surface area (Å²) < 4.78 is 18.8. The van der Waals surface area contributed by atoms with Crippen LogP contribution < -0.4 is 10.5 Å². The van der Waals surface area contributed by atoms with Crippen LogP contribution in [0.1, 0.15) is 23.2 Å². The Bertz CT molecular complexity index is 554. The van der Waals surface area contributed by atoms with Crippen LogP contribution in [0.25, 0.3) is 0 Å². The highest BCUT2D eigenvalue weighted by atomic mass is 19.1. The first-order chi connectivity index (χ1) is 10.1. The number of likely N-dealkylation sites (tertiary alicyclic amines) is 1. The van der Waals surface area contributed by atoms with Crippen LogP contribution in [-0.2, 0) is 0 Å². The summed E-state index contributed by atoms with van der Waals surface area (Å²) in [5.74, 6) is -0.446. The van der Waals surface area contributed by atoms with E-state index in [2.05, 4.69) is 5.16 Å². The number of ether oxygens (including phenoxy) is 1. The van der Waals surface area contributed by atoms with Crippen molar-refractivity contribution in [3.05, 3.63) is 29.6 Å². The highest BCUT2D eigenvalue weighted by molar-refractivity contribution is 5.95. The number of amides is 1. The lowest BCUT2D eigenvalue weighted by Crippen LogP contribution is -2.42. The Morgan fingerprint density at radius 2 is 2.14 bits per heavy atom. The Kier molecular flexibility index (Phi) is 4.62. The highest BCUT2D eigenvalue weighted by Gasteiger charge is 2.27. The molecule has 114 valence electrons. The third-order valence-electron chi connectivity index (χ3n) is 3.72. The SMILES string of the molecule is COc1ccc(C(=O)N2CCC(/C(N)=N/O)CC2)c(F)c1. The summed E-state index contributed by atoms with van der Waals surface area (Å²) in [6, 6.07) is 4.17. The summed E-state index contributed by atoms with van der Waals surface area (Å²) in [5, 5.41) is 11.6. The van der Waals surface area contributed by atoms with Crippen molar-refractivity contribution in [3.63, 3.8) is 0 Å². The van der Waals surface area contributed by atoms with Gasteiger partial charge in [0.2, 0.25) is 0 Å². The lowest BCUT2D eigenvalue weighted by atomic mass is 9.95. The molecule has 1 aliphatic rings. The molecule has 0 atom stereocenters. The number of amidine groups is 1. The van der Waals surface area contributed by atoms with Gasteiger partial charge in [0.15, 0.2) is 0 Å². The van der Waals surface area contributed by atoms with Crippen LogP contribution in [-0.4, -0.2) is 42.0 Å². The molecule has 0 saturated carbocycles. The van der Waals surface area contributed by atoms with Crippen molar-refractivity contribution in [2.45, 2.75) is 12.8 Å². The van der Waals surface area contributed by atoms with Gasteiger partial charge in [-0.3, -0.25) is 4.79 Å². The van der Waals surface area contributed by atoms with Crippen molar-refractivity contribution in [2.75, 3.05) is 20.2 Å². The molecule has 2 rings (SSSR count). The zero-order valence-corrected chi connectivity index (χ0v) is 11.8. The van der Waals surface area contributed by atoms with E-state index in [0.717, 1.165) is 0 Å². The zero-order chi connectivity index (χ0) is 15.4. The van der Waals surface area contributed by atoms with Crippen LogP contribution in [0.5, 0.6) is 5.75 Å². The third kappa shape index (κ3) is 3.24. The molecule has 3 N–H and O–H groups in total. The van der Waals surface area contributed by atoms with Gasteiger partial charge in [-0.25, -0.2) is 4.39 Å². The maximum absolute atomic E-state index is 13.9. The molecule has 0 bridgehead atoms. The average Bonchev–Trinajstić information content (AvgIpc) is 2.53. The molecule has 1 fully saturated rings. The second-order valence-electron chi connectivity index (χ2n) is 4.94. The van der Waals surface area contributed by atoms with E-state index < -0.39 is 5.82 Å². The van der Waals surface area contributed by atoms with Gasteiger partial charge in [-0.05, 0) is 25.0 Å². The first-order valence-corrected chi connectivity index (χ1v) is 6.67. The summed E-state index contributed by atoms with van der Waals surface area (Å²) in [5.41, 5.74) is 5.59. The summed E-state index contributed by atoms with van der Waals surface area (Å²) in [6.07, 6.45) is 1.19. The molecule has 6 nitrogen and oxygen atoms in total. The van der Waals surface area contributed by atoms with Gasteiger partial charge in [-0.1, -0.05) is 5.16 Å². The van der Waals surface area contributed by atoms with Crippen LogP contribution in [0.3, 0.4) is 0 Å². The Morgan fingerprint density at radius 1 is 1.48 bits per heavy atom. The van der Waals surface area contributed by atoms with Gasteiger partial charge >= 0.3 is 0 Å². The quantitative estimate of drug-likeness (QED) is 0.382. The van der Waals surface area contributed by atoms with Crippen molar-refractivity contribution in [3.8, 4) is 5.75 Å². The fourth-order valence-electron chi connectivity index (χ4n) is 2.43. The number of carbonyl (C=O) groups is 1. The normalized spacial score (nSPS) is 16.9. The second-order valence-corrected chi connectivity index (χ2v) is 4.94. The van der Waals surface area contributed by atoms with E-state index in [1.54, 1.807) is 11.0 Å². The number of nitrogens with two attached hydrogens (primary N) is 1. The predicted molar refractivity (Wildman–Crippen MR) is 75.0 cm³/mol. The number of nitrogens with zero attached hydrogens (tertiary/aromatic N) is 2. The number of halogens is 1. The lowest BCUT2D eigenvalue weighted by molar-refractivity contribution is 0.0704. The van der Waals surface area contributed by atoms with Gasteiger partial charge in [-0.2, -0.15) is 0 Å². The van der Waals surface area contributed by atoms with E-state index in [-0.39, 0.29) is 23.2 Å². The number of carbonyl (C=O) groups excluding carboxylic acids is 1. The van der Waals surface area contributed by atoms with Gasteiger partial charge in [-0.15, -0.1) is 0 Å². The molecule has 1 aliphatic heterocycles. The van der Waals surface area contributed by atoms with Crippen LogP contribution in [0.4, 0.5) is 4.39 Å². The van der Waals surface area contributed by atoms with Crippen LogP contribution in [0, 0.1) is 11.7 Å². The van der Waals surface area contributed by atoms with Gasteiger partial charge in [0, 0.05) is 25.1 Å². The minimum Gasteiger partial charge on any atom is -0.497 e. The molecule has 0 spiro atoms. The van der Waals surface area contributed by atoms with Crippen molar-refractivity contribution in [1.29, 1.82) is 0 Å². The number of rotatable bonds is 3. The van der Waals surface area contributed by atoms with Crippen molar-refractivity contribution < 1.29 is 19.1 Å². The molecule has 1 saturated heterocycles. The van der Waals surface area contributed by atoms with Crippen LogP contribution >= 0.6 is 0 Å². The Balaban J connectivity index is 2.05. The molecule has 0 aliphatic carbocycles. The number of hydrogen-bond acceptors (Lipinski definition) is 4.